The number of sulfonamides is 1. The molecule has 2 rings (SSSR count). The molecule has 0 atom stereocenters. The molecule has 1 aliphatic rings. The highest BCUT2D eigenvalue weighted by Gasteiger charge is 2.17. The largest absolute Gasteiger partial charge is 0.494 e. The number of nitrogens with one attached hydrogen (secondary N) is 2. The first kappa shape index (κ1) is 17.9. The van der Waals surface area contributed by atoms with Crippen LogP contribution in [0.3, 0.4) is 0 Å². The maximum Gasteiger partial charge on any atom is 0.240 e. The molecule has 0 amide bonds. The zero-order valence-electron chi connectivity index (χ0n) is 11.6. The number of rotatable bonds is 5. The molecular formula is C13H18ClFN2O3S. The first-order chi connectivity index (χ1) is 9.53. The zero-order valence-corrected chi connectivity index (χ0v) is 13.2. The summed E-state index contributed by atoms with van der Waals surface area (Å²) in [6.07, 6.45) is 2.76. The summed E-state index contributed by atoms with van der Waals surface area (Å²) in [5.41, 5.74) is 1.03. The van der Waals surface area contributed by atoms with E-state index in [1.165, 1.54) is 19.2 Å². The second-order valence-electron chi connectivity index (χ2n) is 4.44. The van der Waals surface area contributed by atoms with Crippen LogP contribution in [0.25, 0.3) is 0 Å². The highest BCUT2D eigenvalue weighted by molar-refractivity contribution is 7.89. The molecule has 1 aliphatic heterocycles. The van der Waals surface area contributed by atoms with Crippen LogP contribution in [0.1, 0.15) is 6.42 Å². The summed E-state index contributed by atoms with van der Waals surface area (Å²) in [4.78, 5) is -0.106. The van der Waals surface area contributed by atoms with Crippen molar-refractivity contribution >= 4 is 22.4 Å². The molecule has 0 saturated carbocycles. The number of hydrogen-bond acceptors (Lipinski definition) is 4. The molecule has 1 heterocycles. The second kappa shape index (κ2) is 7.74. The molecule has 0 aliphatic carbocycles. The van der Waals surface area contributed by atoms with Crippen LogP contribution in [-0.2, 0) is 10.0 Å². The van der Waals surface area contributed by atoms with E-state index in [2.05, 4.69) is 10.0 Å². The molecule has 0 unspecified atom stereocenters. The van der Waals surface area contributed by atoms with Gasteiger partial charge in [-0.1, -0.05) is 11.6 Å². The number of hydrogen-bond donors (Lipinski definition) is 2. The van der Waals surface area contributed by atoms with Crippen molar-refractivity contribution in [2.24, 2.45) is 0 Å². The maximum atomic E-state index is 13.5. The second-order valence-corrected chi connectivity index (χ2v) is 6.20. The molecule has 5 nitrogen and oxygen atoms in total. The number of methoxy groups -OCH3 is 1. The lowest BCUT2D eigenvalue weighted by atomic mass is 10.1. The van der Waals surface area contributed by atoms with Crippen molar-refractivity contribution in [1.29, 1.82) is 0 Å². The van der Waals surface area contributed by atoms with Gasteiger partial charge in [0.05, 0.1) is 12.0 Å². The van der Waals surface area contributed by atoms with Crippen LogP contribution in [-0.4, -0.2) is 35.2 Å². The minimum Gasteiger partial charge on any atom is -0.494 e. The molecular weight excluding hydrogens is 319 g/mol. The Morgan fingerprint density at radius 1 is 1.43 bits per heavy atom. The molecule has 0 bridgehead atoms. The fourth-order valence-corrected chi connectivity index (χ4v) is 2.96. The molecule has 0 fully saturated rings. The van der Waals surface area contributed by atoms with E-state index in [9.17, 15) is 12.8 Å². The van der Waals surface area contributed by atoms with Crippen molar-refractivity contribution in [2.75, 3.05) is 26.7 Å². The van der Waals surface area contributed by atoms with Crippen molar-refractivity contribution < 1.29 is 17.5 Å². The zero-order chi connectivity index (χ0) is 14.6. The van der Waals surface area contributed by atoms with Gasteiger partial charge in [-0.2, -0.15) is 0 Å². The summed E-state index contributed by atoms with van der Waals surface area (Å²) >= 11 is 0. The highest BCUT2D eigenvalue weighted by atomic mass is 35.5. The lowest BCUT2D eigenvalue weighted by Crippen LogP contribution is -2.29. The van der Waals surface area contributed by atoms with E-state index in [1.54, 1.807) is 0 Å². The summed E-state index contributed by atoms with van der Waals surface area (Å²) < 4.78 is 44.9. The van der Waals surface area contributed by atoms with Crippen LogP contribution in [0.2, 0.25) is 0 Å². The minimum atomic E-state index is -3.71. The Labute approximate surface area is 130 Å². The molecule has 0 radical (unpaired) electrons. The molecule has 2 N–H and O–H groups in total. The maximum absolute atomic E-state index is 13.5. The van der Waals surface area contributed by atoms with E-state index in [-0.39, 0.29) is 29.6 Å². The van der Waals surface area contributed by atoms with Crippen LogP contribution in [0, 0.1) is 5.82 Å². The highest BCUT2D eigenvalue weighted by Crippen LogP contribution is 2.20. The summed E-state index contributed by atoms with van der Waals surface area (Å²) in [5.74, 6) is -0.679. The van der Waals surface area contributed by atoms with Crippen molar-refractivity contribution in [2.45, 2.75) is 11.3 Å². The van der Waals surface area contributed by atoms with Gasteiger partial charge in [-0.25, -0.2) is 17.5 Å². The Bertz CT molecular complexity index is 620. The normalized spacial score (nSPS) is 15.0. The van der Waals surface area contributed by atoms with E-state index in [1.807, 2.05) is 6.08 Å². The number of ether oxygens (including phenoxy) is 1. The van der Waals surface area contributed by atoms with Crippen molar-refractivity contribution in [3.8, 4) is 5.75 Å². The lowest BCUT2D eigenvalue weighted by Gasteiger charge is -2.15. The molecule has 21 heavy (non-hydrogen) atoms. The van der Waals surface area contributed by atoms with Gasteiger partial charge < -0.3 is 10.1 Å². The Hall–Kier alpha value is -1.15. The predicted octanol–water partition coefficient (Wildman–Crippen LogP) is 1.45. The average molecular weight is 337 g/mol. The third-order valence-electron chi connectivity index (χ3n) is 3.08. The number of benzene rings is 1. The first-order valence-corrected chi connectivity index (χ1v) is 7.73. The Balaban J connectivity index is 0.00000220. The standard InChI is InChI=1S/C13H17FN2O3S.ClH/c1-19-13-3-2-11(8-12(13)14)20(17,18)16-9-10-4-6-15-7-5-10;/h2-4,8,15-16H,5-7,9H2,1H3;1H. The van der Waals surface area contributed by atoms with Crippen LogP contribution < -0.4 is 14.8 Å². The van der Waals surface area contributed by atoms with E-state index in [0.29, 0.717) is 0 Å². The van der Waals surface area contributed by atoms with Crippen LogP contribution in [0.4, 0.5) is 4.39 Å². The van der Waals surface area contributed by atoms with Gasteiger partial charge in [0.25, 0.3) is 0 Å². The Morgan fingerprint density at radius 3 is 2.76 bits per heavy atom. The molecule has 1 aromatic rings. The van der Waals surface area contributed by atoms with Crippen molar-refractivity contribution in [3.63, 3.8) is 0 Å². The SMILES string of the molecule is COc1ccc(S(=O)(=O)NCC2=CCNCC2)cc1F.Cl. The van der Waals surface area contributed by atoms with E-state index < -0.39 is 15.8 Å². The Kier molecular flexibility index (Phi) is 6.60. The summed E-state index contributed by atoms with van der Waals surface area (Å²) in [6.45, 7) is 1.83. The Morgan fingerprint density at radius 2 is 2.19 bits per heavy atom. The molecule has 0 saturated heterocycles. The molecule has 0 spiro atoms. The van der Waals surface area contributed by atoms with E-state index in [4.69, 9.17) is 4.74 Å². The quantitative estimate of drug-likeness (QED) is 0.799. The van der Waals surface area contributed by atoms with Crippen molar-refractivity contribution in [3.05, 3.63) is 35.7 Å². The van der Waals surface area contributed by atoms with Gasteiger partial charge in [0.1, 0.15) is 0 Å². The summed E-state index contributed by atoms with van der Waals surface area (Å²) in [5, 5.41) is 3.15. The van der Waals surface area contributed by atoms with Gasteiger partial charge in [-0.05, 0) is 31.2 Å². The van der Waals surface area contributed by atoms with E-state index in [0.717, 1.165) is 31.1 Å². The van der Waals surface area contributed by atoms with Gasteiger partial charge in [-0.15, -0.1) is 12.4 Å². The van der Waals surface area contributed by atoms with Crippen LogP contribution in [0.5, 0.6) is 5.75 Å². The molecule has 8 heteroatoms. The smallest absolute Gasteiger partial charge is 0.240 e. The lowest BCUT2D eigenvalue weighted by molar-refractivity contribution is 0.385. The van der Waals surface area contributed by atoms with Crippen LogP contribution >= 0.6 is 12.4 Å². The summed E-state index contributed by atoms with van der Waals surface area (Å²) in [6, 6.07) is 3.58. The average Bonchev–Trinajstić information content (AvgIpc) is 2.46. The molecule has 118 valence electrons. The van der Waals surface area contributed by atoms with Crippen molar-refractivity contribution in [1.82, 2.24) is 10.0 Å². The van der Waals surface area contributed by atoms with Gasteiger partial charge in [0.2, 0.25) is 10.0 Å². The monoisotopic (exact) mass is 336 g/mol. The van der Waals surface area contributed by atoms with Gasteiger partial charge >= 0.3 is 0 Å². The summed E-state index contributed by atoms with van der Waals surface area (Å²) in [7, 11) is -2.39. The fraction of sp³-hybridized carbons (Fsp3) is 0.385. The van der Waals surface area contributed by atoms with Gasteiger partial charge in [0, 0.05) is 13.1 Å². The number of halogens is 2. The van der Waals surface area contributed by atoms with Crippen LogP contribution in [0.15, 0.2) is 34.7 Å². The fourth-order valence-electron chi connectivity index (χ4n) is 1.92. The third-order valence-corrected chi connectivity index (χ3v) is 4.48. The third kappa shape index (κ3) is 4.67. The van der Waals surface area contributed by atoms with Gasteiger partial charge in [0.15, 0.2) is 11.6 Å². The molecule has 0 aromatic heterocycles. The van der Waals surface area contributed by atoms with Gasteiger partial charge in [-0.3, -0.25) is 0 Å². The van der Waals surface area contributed by atoms with E-state index >= 15 is 0 Å². The first-order valence-electron chi connectivity index (χ1n) is 6.25. The topological polar surface area (TPSA) is 67.4 Å². The minimum absolute atomic E-state index is 0. The molecule has 1 aromatic carbocycles. The predicted molar refractivity (Wildman–Crippen MR) is 81.0 cm³/mol.